The van der Waals surface area contributed by atoms with Crippen LogP contribution in [0.5, 0.6) is 0 Å². The van der Waals surface area contributed by atoms with Crippen LogP contribution in [0.2, 0.25) is 0 Å². The number of anilines is 2. The molecule has 3 aromatic rings. The summed E-state index contributed by atoms with van der Waals surface area (Å²) in [5, 5.41) is 4.42. The van der Waals surface area contributed by atoms with Crippen LogP contribution in [-0.4, -0.2) is 33.8 Å². The molecule has 0 radical (unpaired) electrons. The van der Waals surface area contributed by atoms with Gasteiger partial charge in [-0.1, -0.05) is 12.1 Å². The highest BCUT2D eigenvalue weighted by atomic mass is 19.1. The summed E-state index contributed by atoms with van der Waals surface area (Å²) in [7, 11) is 1.79. The third kappa shape index (κ3) is 4.89. The molecule has 1 N–H and O–H groups in total. The van der Waals surface area contributed by atoms with Crippen LogP contribution in [0.25, 0.3) is 28.1 Å². The number of hydrogen-bond donors (Lipinski definition) is 1. The number of aromatic nitrogens is 3. The zero-order valence-electron chi connectivity index (χ0n) is 21.6. The van der Waals surface area contributed by atoms with Crippen molar-refractivity contribution in [2.75, 3.05) is 12.4 Å². The van der Waals surface area contributed by atoms with E-state index in [1.807, 2.05) is 43.6 Å². The molecule has 192 valence electrons. The molecule has 0 bridgehead atoms. The van der Waals surface area contributed by atoms with Crippen molar-refractivity contribution in [3.63, 3.8) is 0 Å². The summed E-state index contributed by atoms with van der Waals surface area (Å²) in [5.74, 6) is -0.266. The Kier molecular flexibility index (Phi) is 6.60. The molecule has 6 rings (SSSR count). The standard InChI is InChI=1S/C31H30FN5O/c1-20-15-23(19-33-18-20)35-27-16-29-31(17-28(27)34-22-9-13-25(38-2)14-10-22)37(24-11-7-21(32)8-12-24)30-6-4-3-5-26(30)36-29/h3-8,11-12,15-19,22,25,35H,9-10,13-14H2,1-2H3. The number of benzene rings is 3. The number of fused-ring (bicyclic) bond motifs is 2. The monoisotopic (exact) mass is 507 g/mol. The molecule has 1 aliphatic heterocycles. The van der Waals surface area contributed by atoms with Crippen molar-refractivity contribution < 1.29 is 9.13 Å². The van der Waals surface area contributed by atoms with Crippen molar-refractivity contribution in [3.8, 4) is 17.1 Å². The second-order valence-electron chi connectivity index (χ2n) is 9.94. The van der Waals surface area contributed by atoms with E-state index in [0.29, 0.717) is 6.10 Å². The van der Waals surface area contributed by atoms with Crippen molar-refractivity contribution in [1.82, 2.24) is 14.5 Å². The summed E-state index contributed by atoms with van der Waals surface area (Å²) >= 11 is 0. The lowest BCUT2D eigenvalue weighted by molar-refractivity contribution is 0.0663. The Hall–Kier alpha value is -4.10. The van der Waals surface area contributed by atoms with Crippen LogP contribution < -0.4 is 10.7 Å². The minimum Gasteiger partial charge on any atom is -0.381 e. The molecule has 2 aliphatic carbocycles. The summed E-state index contributed by atoms with van der Waals surface area (Å²) in [4.78, 5) is 14.6. The molecule has 38 heavy (non-hydrogen) atoms. The van der Waals surface area contributed by atoms with Gasteiger partial charge in [0, 0.05) is 19.0 Å². The molecule has 1 fully saturated rings. The second-order valence-corrected chi connectivity index (χ2v) is 9.94. The topological polar surface area (TPSA) is 64.3 Å². The number of rotatable bonds is 5. The highest BCUT2D eigenvalue weighted by Crippen LogP contribution is 2.31. The van der Waals surface area contributed by atoms with Gasteiger partial charge in [-0.2, -0.15) is 0 Å². The minimum absolute atomic E-state index is 0.211. The first-order valence-corrected chi connectivity index (χ1v) is 13.0. The zero-order valence-corrected chi connectivity index (χ0v) is 21.6. The Balaban J connectivity index is 1.57. The third-order valence-electron chi connectivity index (χ3n) is 7.23. The normalized spacial score (nSPS) is 18.2. The number of nitrogens with one attached hydrogen (secondary N) is 1. The van der Waals surface area contributed by atoms with Gasteiger partial charge in [0.2, 0.25) is 0 Å². The van der Waals surface area contributed by atoms with E-state index in [1.54, 1.807) is 19.2 Å². The number of methoxy groups -OCH3 is 1. The first-order valence-electron chi connectivity index (χ1n) is 13.0. The van der Waals surface area contributed by atoms with Crippen molar-refractivity contribution in [2.45, 2.75) is 44.8 Å². The smallest absolute Gasteiger partial charge is 0.123 e. The van der Waals surface area contributed by atoms with Gasteiger partial charge < -0.3 is 14.6 Å². The minimum atomic E-state index is -0.266. The molecule has 1 saturated carbocycles. The van der Waals surface area contributed by atoms with Gasteiger partial charge in [-0.15, -0.1) is 0 Å². The van der Waals surface area contributed by atoms with Crippen LogP contribution in [0.15, 0.2) is 84.1 Å². The highest BCUT2D eigenvalue weighted by Gasteiger charge is 2.21. The summed E-state index contributed by atoms with van der Waals surface area (Å²) in [5.41, 5.74) is 7.25. The Bertz CT molecular complexity index is 1620. The average molecular weight is 508 g/mol. The van der Waals surface area contributed by atoms with Crippen molar-refractivity contribution in [1.29, 1.82) is 0 Å². The molecule has 3 aliphatic rings. The molecule has 0 amide bonds. The lowest BCUT2D eigenvalue weighted by atomic mass is 9.93. The van der Waals surface area contributed by atoms with E-state index in [2.05, 4.69) is 33.1 Å². The Morgan fingerprint density at radius 1 is 0.974 bits per heavy atom. The van der Waals surface area contributed by atoms with E-state index in [-0.39, 0.29) is 11.9 Å². The lowest BCUT2D eigenvalue weighted by Gasteiger charge is -2.25. The number of nitrogens with zero attached hydrogens (tertiary/aromatic N) is 4. The van der Waals surface area contributed by atoms with Crippen molar-refractivity contribution in [3.05, 3.63) is 95.9 Å². The Labute approximate surface area is 221 Å². The predicted molar refractivity (Wildman–Crippen MR) is 149 cm³/mol. The molecular weight excluding hydrogens is 477 g/mol. The van der Waals surface area contributed by atoms with E-state index in [4.69, 9.17) is 14.7 Å². The van der Waals surface area contributed by atoms with Crippen molar-refractivity contribution >= 4 is 22.4 Å². The molecule has 2 aromatic carbocycles. The highest BCUT2D eigenvalue weighted by molar-refractivity contribution is 5.84. The Morgan fingerprint density at radius 2 is 1.76 bits per heavy atom. The van der Waals surface area contributed by atoms with E-state index in [1.165, 1.54) is 12.1 Å². The number of pyridine rings is 1. The molecule has 0 unspecified atom stereocenters. The zero-order chi connectivity index (χ0) is 26.1. The fraction of sp³-hybridized carbons (Fsp3) is 0.258. The molecule has 7 heteroatoms. The maximum Gasteiger partial charge on any atom is 0.123 e. The largest absolute Gasteiger partial charge is 0.381 e. The number of para-hydroxylation sites is 2. The van der Waals surface area contributed by atoms with Crippen molar-refractivity contribution in [2.24, 2.45) is 4.99 Å². The van der Waals surface area contributed by atoms with Gasteiger partial charge in [0.15, 0.2) is 0 Å². The Morgan fingerprint density at radius 3 is 2.53 bits per heavy atom. The molecule has 0 atom stereocenters. The summed E-state index contributed by atoms with van der Waals surface area (Å²) < 4.78 is 21.5. The molecule has 0 spiro atoms. The van der Waals surface area contributed by atoms with Gasteiger partial charge in [-0.25, -0.2) is 9.37 Å². The quantitative estimate of drug-likeness (QED) is 0.273. The summed E-state index contributed by atoms with van der Waals surface area (Å²) in [6.07, 6.45) is 7.94. The predicted octanol–water partition coefficient (Wildman–Crippen LogP) is 6.57. The molecule has 1 aromatic heterocycles. The summed E-state index contributed by atoms with van der Waals surface area (Å²) in [6.45, 7) is 2.03. The van der Waals surface area contributed by atoms with E-state index >= 15 is 0 Å². The van der Waals surface area contributed by atoms with Gasteiger partial charge in [-0.3, -0.25) is 9.98 Å². The maximum atomic E-state index is 13.8. The van der Waals surface area contributed by atoms with Gasteiger partial charge >= 0.3 is 0 Å². The first-order chi connectivity index (χ1) is 18.6. The number of ether oxygens (including phenoxy) is 1. The van der Waals surface area contributed by atoms with E-state index in [9.17, 15) is 4.39 Å². The molecular formula is C31H30FN5O. The van der Waals surface area contributed by atoms with Gasteiger partial charge in [0.05, 0.1) is 57.5 Å². The van der Waals surface area contributed by atoms with Gasteiger partial charge in [0.1, 0.15) is 5.82 Å². The number of aryl methyl sites for hydroxylation is 1. The van der Waals surface area contributed by atoms with E-state index in [0.717, 1.165) is 76.1 Å². The van der Waals surface area contributed by atoms with Crippen LogP contribution in [-0.2, 0) is 4.74 Å². The van der Waals surface area contributed by atoms with Crippen LogP contribution >= 0.6 is 0 Å². The molecule has 6 nitrogen and oxygen atoms in total. The number of hydrogen-bond acceptors (Lipinski definition) is 5. The molecule has 2 heterocycles. The fourth-order valence-corrected chi connectivity index (χ4v) is 5.30. The SMILES string of the molecule is COC1CCC(N=c2cc3n(-c4ccc(F)cc4)c4ccccc4nc-3cc2Nc2cncc(C)c2)CC1. The molecule has 0 saturated heterocycles. The lowest BCUT2D eigenvalue weighted by Crippen LogP contribution is -2.25. The second kappa shape index (κ2) is 10.3. The van der Waals surface area contributed by atoms with E-state index < -0.39 is 0 Å². The first kappa shape index (κ1) is 24.2. The van der Waals surface area contributed by atoms with Gasteiger partial charge in [-0.05, 0) is 92.8 Å². The van der Waals surface area contributed by atoms with Crippen LogP contribution in [0.3, 0.4) is 0 Å². The maximum absolute atomic E-state index is 13.8. The van der Waals surface area contributed by atoms with Gasteiger partial charge in [0.25, 0.3) is 0 Å². The number of halogens is 1. The third-order valence-corrected chi connectivity index (χ3v) is 7.23. The van der Waals surface area contributed by atoms with Crippen LogP contribution in [0.4, 0.5) is 15.8 Å². The van der Waals surface area contributed by atoms with Crippen LogP contribution in [0.1, 0.15) is 31.2 Å². The van der Waals surface area contributed by atoms with Crippen LogP contribution in [0, 0.1) is 12.7 Å². The summed E-state index contributed by atoms with van der Waals surface area (Å²) in [6, 6.07) is 21.0. The average Bonchev–Trinajstić information content (AvgIpc) is 2.93. The fourth-order valence-electron chi connectivity index (χ4n) is 5.30.